The monoisotopic (exact) mass is 302 g/mol. The summed E-state index contributed by atoms with van der Waals surface area (Å²) in [5.41, 5.74) is 2.08. The fourth-order valence-corrected chi connectivity index (χ4v) is 3.66. The third-order valence-electron chi connectivity index (χ3n) is 3.62. The molecule has 21 heavy (non-hydrogen) atoms. The van der Waals surface area contributed by atoms with E-state index in [1.807, 2.05) is 29.2 Å². The third-order valence-corrected chi connectivity index (χ3v) is 4.92. The highest BCUT2D eigenvalue weighted by Crippen LogP contribution is 2.27. The van der Waals surface area contributed by atoms with Gasteiger partial charge in [0, 0.05) is 24.9 Å². The molecule has 1 unspecified atom stereocenters. The highest BCUT2D eigenvalue weighted by atomic mass is 32.2. The molecule has 1 atom stereocenters. The predicted octanol–water partition coefficient (Wildman–Crippen LogP) is 3.10. The van der Waals surface area contributed by atoms with Crippen molar-refractivity contribution in [3.63, 3.8) is 0 Å². The molecule has 110 valence electrons. The Bertz CT molecular complexity index is 571. The third kappa shape index (κ3) is 3.67. The molecule has 0 bridgehead atoms. The molecule has 0 saturated carbocycles. The van der Waals surface area contributed by atoms with Crippen molar-refractivity contribution >= 4 is 17.7 Å². The van der Waals surface area contributed by atoms with Gasteiger partial charge in [-0.25, -0.2) is 0 Å². The minimum absolute atomic E-state index is 0.0409. The molecule has 2 heterocycles. The van der Waals surface area contributed by atoms with E-state index < -0.39 is 0 Å². The summed E-state index contributed by atoms with van der Waals surface area (Å²) in [7, 11) is 0. The zero-order valence-corrected chi connectivity index (χ0v) is 12.6. The van der Waals surface area contributed by atoms with E-state index in [0.29, 0.717) is 6.54 Å². The summed E-state index contributed by atoms with van der Waals surface area (Å²) in [6, 6.07) is 12.0. The maximum atomic E-state index is 12.6. The van der Waals surface area contributed by atoms with Gasteiger partial charge in [-0.3, -0.25) is 4.79 Å². The Morgan fingerprint density at radius 1 is 1.29 bits per heavy atom. The fourth-order valence-electron chi connectivity index (χ4n) is 2.52. The van der Waals surface area contributed by atoms with Gasteiger partial charge in [-0.15, -0.1) is 11.8 Å². The molecule has 1 aromatic carbocycles. The van der Waals surface area contributed by atoms with Crippen LogP contribution in [0.2, 0.25) is 0 Å². The van der Waals surface area contributed by atoms with E-state index in [9.17, 15) is 4.79 Å². The Balaban J connectivity index is 1.58. The second-order valence-electron chi connectivity index (χ2n) is 5.18. The van der Waals surface area contributed by atoms with E-state index in [0.717, 1.165) is 30.8 Å². The second-order valence-corrected chi connectivity index (χ2v) is 6.37. The molecular weight excluding hydrogens is 284 g/mol. The predicted molar refractivity (Wildman–Crippen MR) is 82.7 cm³/mol. The van der Waals surface area contributed by atoms with Crippen molar-refractivity contribution in [2.75, 3.05) is 6.54 Å². The van der Waals surface area contributed by atoms with Crippen LogP contribution in [0.5, 0.6) is 0 Å². The van der Waals surface area contributed by atoms with Gasteiger partial charge < -0.3 is 9.42 Å². The largest absolute Gasteiger partial charge is 0.364 e. The maximum Gasteiger partial charge on any atom is 0.236 e. The molecule has 1 aromatic heterocycles. The number of carbonyl (C=O) groups excluding carboxylic acids is 1. The van der Waals surface area contributed by atoms with Crippen molar-refractivity contribution in [2.45, 2.75) is 30.4 Å². The van der Waals surface area contributed by atoms with Gasteiger partial charge in [0.15, 0.2) is 0 Å². The van der Waals surface area contributed by atoms with Gasteiger partial charge in [0.25, 0.3) is 0 Å². The molecule has 5 heteroatoms. The van der Waals surface area contributed by atoms with Gasteiger partial charge >= 0.3 is 0 Å². The van der Waals surface area contributed by atoms with Crippen LogP contribution in [0.3, 0.4) is 0 Å². The van der Waals surface area contributed by atoms with Crippen LogP contribution in [-0.4, -0.2) is 27.8 Å². The number of carbonyl (C=O) groups is 1. The van der Waals surface area contributed by atoms with Gasteiger partial charge in [-0.2, -0.15) is 0 Å². The van der Waals surface area contributed by atoms with Crippen molar-refractivity contribution in [3.05, 3.63) is 53.9 Å². The van der Waals surface area contributed by atoms with Gasteiger partial charge in [0.2, 0.25) is 5.91 Å². The van der Waals surface area contributed by atoms with Crippen LogP contribution in [-0.2, 0) is 17.1 Å². The number of amides is 1. The van der Waals surface area contributed by atoms with Crippen molar-refractivity contribution in [3.8, 4) is 0 Å². The van der Waals surface area contributed by atoms with Crippen molar-refractivity contribution in [1.29, 1.82) is 0 Å². The van der Waals surface area contributed by atoms with Gasteiger partial charge in [0.1, 0.15) is 6.26 Å². The molecule has 1 saturated heterocycles. The SMILES string of the molecule is O=C1C(SCc2ccon2)CCCN1Cc1ccccc1. The first kappa shape index (κ1) is 14.2. The number of piperidine rings is 1. The van der Waals surface area contributed by atoms with E-state index in [-0.39, 0.29) is 11.2 Å². The van der Waals surface area contributed by atoms with Crippen LogP contribution in [0, 0.1) is 0 Å². The van der Waals surface area contributed by atoms with Crippen LogP contribution in [0.25, 0.3) is 0 Å². The average molecular weight is 302 g/mol. The van der Waals surface area contributed by atoms with E-state index in [4.69, 9.17) is 4.52 Å². The summed E-state index contributed by atoms with van der Waals surface area (Å²) >= 11 is 1.66. The van der Waals surface area contributed by atoms with Crippen LogP contribution < -0.4 is 0 Å². The second kappa shape index (κ2) is 6.80. The number of aromatic nitrogens is 1. The molecule has 2 aromatic rings. The molecule has 0 spiro atoms. The Labute approximate surface area is 128 Å². The molecule has 1 aliphatic rings. The lowest BCUT2D eigenvalue weighted by Crippen LogP contribution is -2.42. The number of hydrogen-bond donors (Lipinski definition) is 0. The Hall–Kier alpha value is -1.75. The minimum atomic E-state index is 0.0409. The number of thioether (sulfide) groups is 1. The molecule has 4 nitrogen and oxygen atoms in total. The van der Waals surface area contributed by atoms with Crippen molar-refractivity contribution < 1.29 is 9.32 Å². The van der Waals surface area contributed by atoms with E-state index in [1.54, 1.807) is 18.0 Å². The Morgan fingerprint density at radius 2 is 2.14 bits per heavy atom. The highest BCUT2D eigenvalue weighted by Gasteiger charge is 2.29. The number of likely N-dealkylation sites (tertiary alicyclic amines) is 1. The quantitative estimate of drug-likeness (QED) is 0.851. The lowest BCUT2D eigenvalue weighted by atomic mass is 10.1. The molecule has 1 amide bonds. The first-order valence-electron chi connectivity index (χ1n) is 7.16. The topological polar surface area (TPSA) is 46.3 Å². The first-order valence-corrected chi connectivity index (χ1v) is 8.21. The minimum Gasteiger partial charge on any atom is -0.364 e. The van der Waals surface area contributed by atoms with Crippen molar-refractivity contribution in [2.24, 2.45) is 0 Å². The molecule has 1 fully saturated rings. The molecule has 0 N–H and O–H groups in total. The summed E-state index contributed by atoms with van der Waals surface area (Å²) in [6.45, 7) is 1.56. The lowest BCUT2D eigenvalue weighted by Gasteiger charge is -2.32. The number of benzene rings is 1. The summed E-state index contributed by atoms with van der Waals surface area (Å²) < 4.78 is 4.82. The fraction of sp³-hybridized carbons (Fsp3) is 0.375. The summed E-state index contributed by atoms with van der Waals surface area (Å²) in [5, 5.41) is 3.93. The van der Waals surface area contributed by atoms with Gasteiger partial charge in [0.05, 0.1) is 10.9 Å². The van der Waals surface area contributed by atoms with E-state index >= 15 is 0 Å². The highest BCUT2D eigenvalue weighted by molar-refractivity contribution is 7.99. The first-order chi connectivity index (χ1) is 10.3. The summed E-state index contributed by atoms with van der Waals surface area (Å²) in [4.78, 5) is 14.5. The summed E-state index contributed by atoms with van der Waals surface area (Å²) in [5.74, 6) is 0.977. The molecule has 0 aliphatic carbocycles. The van der Waals surface area contributed by atoms with Crippen LogP contribution >= 0.6 is 11.8 Å². The van der Waals surface area contributed by atoms with Crippen LogP contribution in [0.15, 0.2) is 47.2 Å². The van der Waals surface area contributed by atoms with E-state index in [1.165, 1.54) is 5.56 Å². The smallest absolute Gasteiger partial charge is 0.236 e. The average Bonchev–Trinajstić information content (AvgIpc) is 3.03. The van der Waals surface area contributed by atoms with Crippen LogP contribution in [0.1, 0.15) is 24.1 Å². The van der Waals surface area contributed by atoms with Gasteiger partial charge in [-0.05, 0) is 18.4 Å². The number of rotatable bonds is 5. The zero-order valence-electron chi connectivity index (χ0n) is 11.8. The van der Waals surface area contributed by atoms with E-state index in [2.05, 4.69) is 17.3 Å². The zero-order chi connectivity index (χ0) is 14.5. The maximum absolute atomic E-state index is 12.6. The van der Waals surface area contributed by atoms with Gasteiger partial charge in [-0.1, -0.05) is 35.5 Å². The lowest BCUT2D eigenvalue weighted by molar-refractivity contribution is -0.133. The number of hydrogen-bond acceptors (Lipinski definition) is 4. The Kier molecular flexibility index (Phi) is 4.60. The number of nitrogens with zero attached hydrogens (tertiary/aromatic N) is 2. The molecule has 0 radical (unpaired) electrons. The molecule has 3 rings (SSSR count). The van der Waals surface area contributed by atoms with Crippen LogP contribution in [0.4, 0.5) is 0 Å². The molecular formula is C16H18N2O2S. The Morgan fingerprint density at radius 3 is 2.90 bits per heavy atom. The normalized spacial score (nSPS) is 19.0. The van der Waals surface area contributed by atoms with Crippen molar-refractivity contribution in [1.82, 2.24) is 10.1 Å². The summed E-state index contributed by atoms with van der Waals surface area (Å²) in [6.07, 6.45) is 3.59. The standard InChI is InChI=1S/C16H18N2O2S/c19-16-15(21-12-14-8-10-20-17-14)7-4-9-18(16)11-13-5-2-1-3-6-13/h1-3,5-6,8,10,15H,4,7,9,11-12H2. The molecule has 1 aliphatic heterocycles.